The van der Waals surface area contributed by atoms with Crippen molar-refractivity contribution in [1.29, 1.82) is 0 Å². The molecule has 0 aromatic rings. The highest BCUT2D eigenvalue weighted by molar-refractivity contribution is 6.05. The zero-order chi connectivity index (χ0) is 15.4. The quantitative estimate of drug-likeness (QED) is 0.752. The molecule has 2 aliphatic heterocycles. The zero-order valence-electron chi connectivity index (χ0n) is 13.6. The highest BCUT2D eigenvalue weighted by atomic mass is 16.2. The third-order valence-electron chi connectivity index (χ3n) is 5.01. The van der Waals surface area contributed by atoms with Gasteiger partial charge in [-0.15, -0.1) is 0 Å². The van der Waals surface area contributed by atoms with Crippen molar-refractivity contribution < 1.29 is 9.59 Å². The van der Waals surface area contributed by atoms with Crippen LogP contribution in [0.4, 0.5) is 0 Å². The second-order valence-electron chi connectivity index (χ2n) is 6.37. The molecule has 2 rings (SSSR count). The summed E-state index contributed by atoms with van der Waals surface area (Å²) in [5, 5.41) is 3.34. The molecule has 120 valence electrons. The molecule has 2 saturated heterocycles. The van der Waals surface area contributed by atoms with Crippen LogP contribution in [0.15, 0.2) is 0 Å². The predicted octanol–water partition coefficient (Wildman–Crippen LogP) is 1.38. The van der Waals surface area contributed by atoms with Gasteiger partial charge in [0.25, 0.3) is 0 Å². The van der Waals surface area contributed by atoms with Gasteiger partial charge in [0.1, 0.15) is 0 Å². The molecule has 2 heterocycles. The van der Waals surface area contributed by atoms with E-state index in [4.69, 9.17) is 0 Å². The van der Waals surface area contributed by atoms with E-state index < -0.39 is 0 Å². The zero-order valence-corrected chi connectivity index (χ0v) is 13.6. The second-order valence-corrected chi connectivity index (χ2v) is 6.37. The van der Waals surface area contributed by atoms with Crippen LogP contribution in [0.1, 0.15) is 52.4 Å². The van der Waals surface area contributed by atoms with Crippen LogP contribution in [0.25, 0.3) is 0 Å². The summed E-state index contributed by atoms with van der Waals surface area (Å²) in [5.41, 5.74) is 0. The maximum absolute atomic E-state index is 12.5. The van der Waals surface area contributed by atoms with Crippen LogP contribution in [-0.4, -0.2) is 59.9 Å². The Labute approximate surface area is 128 Å². The molecule has 2 atom stereocenters. The fourth-order valence-electron chi connectivity index (χ4n) is 3.53. The van der Waals surface area contributed by atoms with Crippen molar-refractivity contribution in [1.82, 2.24) is 15.1 Å². The molecule has 0 saturated carbocycles. The summed E-state index contributed by atoms with van der Waals surface area (Å²) in [6.07, 6.45) is 5.70. The van der Waals surface area contributed by atoms with Crippen molar-refractivity contribution in [2.75, 3.05) is 20.1 Å². The highest BCUT2D eigenvalue weighted by Gasteiger charge is 2.41. The van der Waals surface area contributed by atoms with Crippen LogP contribution in [-0.2, 0) is 9.59 Å². The van der Waals surface area contributed by atoms with Gasteiger partial charge in [0.2, 0.25) is 11.8 Å². The number of hydrogen-bond acceptors (Lipinski definition) is 4. The summed E-state index contributed by atoms with van der Waals surface area (Å²) in [6, 6.07) is 0.242. The Hall–Kier alpha value is -0.940. The number of rotatable bonds is 6. The summed E-state index contributed by atoms with van der Waals surface area (Å²) >= 11 is 0. The maximum atomic E-state index is 12.5. The Morgan fingerprint density at radius 1 is 1.24 bits per heavy atom. The van der Waals surface area contributed by atoms with Crippen LogP contribution in [0, 0.1) is 0 Å². The number of carbonyl (C=O) groups is 2. The van der Waals surface area contributed by atoms with Gasteiger partial charge >= 0.3 is 0 Å². The van der Waals surface area contributed by atoms with Crippen LogP contribution < -0.4 is 5.32 Å². The number of nitrogens with zero attached hydrogens (tertiary/aromatic N) is 2. The molecule has 2 amide bonds. The molecule has 5 nitrogen and oxygen atoms in total. The summed E-state index contributed by atoms with van der Waals surface area (Å²) in [5.74, 6) is -0.0321. The summed E-state index contributed by atoms with van der Waals surface area (Å²) < 4.78 is 0. The monoisotopic (exact) mass is 295 g/mol. The Morgan fingerprint density at radius 2 is 1.95 bits per heavy atom. The lowest BCUT2D eigenvalue weighted by atomic mass is 10.0. The average Bonchev–Trinajstić information content (AvgIpc) is 2.76. The fraction of sp³-hybridized carbons (Fsp3) is 0.875. The van der Waals surface area contributed by atoms with Gasteiger partial charge in [0.05, 0.1) is 12.5 Å². The highest BCUT2D eigenvalue weighted by Crippen LogP contribution is 2.21. The van der Waals surface area contributed by atoms with Crippen molar-refractivity contribution in [3.05, 3.63) is 0 Å². The Kier molecular flexibility index (Phi) is 5.76. The van der Waals surface area contributed by atoms with E-state index >= 15 is 0 Å². The number of piperidine rings is 1. The van der Waals surface area contributed by atoms with E-state index in [1.807, 2.05) is 13.8 Å². The number of amides is 2. The summed E-state index contributed by atoms with van der Waals surface area (Å²) in [6.45, 7) is 6.00. The molecular formula is C16H29N3O2. The van der Waals surface area contributed by atoms with E-state index in [1.54, 1.807) is 0 Å². The molecule has 0 aromatic carbocycles. The number of carbonyl (C=O) groups excluding carboxylic acids is 2. The standard InChI is InChI=1S/C16H29N3O2/c1-4-12(5-2)19-15(20)10-14(16(19)21)17-11-13-8-6-7-9-18(13)3/h12-14,17H,4-11H2,1-3H3. The van der Waals surface area contributed by atoms with Crippen LogP contribution in [0.3, 0.4) is 0 Å². The minimum absolute atomic E-state index is 0.0109. The van der Waals surface area contributed by atoms with E-state index in [-0.39, 0.29) is 23.9 Å². The van der Waals surface area contributed by atoms with Gasteiger partial charge < -0.3 is 10.2 Å². The first-order valence-electron chi connectivity index (χ1n) is 8.38. The topological polar surface area (TPSA) is 52.7 Å². The van der Waals surface area contributed by atoms with Gasteiger partial charge in [-0.1, -0.05) is 20.3 Å². The van der Waals surface area contributed by atoms with Gasteiger partial charge in [-0.2, -0.15) is 0 Å². The van der Waals surface area contributed by atoms with Crippen LogP contribution in [0.5, 0.6) is 0 Å². The Morgan fingerprint density at radius 3 is 2.57 bits per heavy atom. The third-order valence-corrected chi connectivity index (χ3v) is 5.01. The third kappa shape index (κ3) is 3.64. The number of imide groups is 1. The maximum Gasteiger partial charge on any atom is 0.247 e. The van der Waals surface area contributed by atoms with Gasteiger partial charge in [-0.05, 0) is 39.3 Å². The van der Waals surface area contributed by atoms with E-state index in [1.165, 1.54) is 24.2 Å². The minimum Gasteiger partial charge on any atom is -0.304 e. The van der Waals surface area contributed by atoms with Crippen molar-refractivity contribution in [3.63, 3.8) is 0 Å². The first-order valence-corrected chi connectivity index (χ1v) is 8.38. The first kappa shape index (κ1) is 16.4. The largest absolute Gasteiger partial charge is 0.304 e. The molecule has 0 radical (unpaired) electrons. The van der Waals surface area contributed by atoms with E-state index in [9.17, 15) is 9.59 Å². The Balaban J connectivity index is 1.90. The minimum atomic E-state index is -0.312. The molecule has 21 heavy (non-hydrogen) atoms. The van der Waals surface area contributed by atoms with Gasteiger partial charge in [0.15, 0.2) is 0 Å². The van der Waals surface area contributed by atoms with E-state index in [0.29, 0.717) is 12.5 Å². The van der Waals surface area contributed by atoms with Crippen molar-refractivity contribution in [2.24, 2.45) is 0 Å². The van der Waals surface area contributed by atoms with Crippen molar-refractivity contribution in [3.8, 4) is 0 Å². The predicted molar refractivity (Wildman–Crippen MR) is 82.9 cm³/mol. The lowest BCUT2D eigenvalue weighted by Gasteiger charge is -2.33. The van der Waals surface area contributed by atoms with Crippen molar-refractivity contribution >= 4 is 11.8 Å². The molecule has 0 spiro atoms. The Bertz CT molecular complexity index is 382. The van der Waals surface area contributed by atoms with Crippen LogP contribution >= 0.6 is 0 Å². The van der Waals surface area contributed by atoms with E-state index in [2.05, 4.69) is 17.3 Å². The first-order chi connectivity index (χ1) is 10.1. The number of likely N-dealkylation sites (N-methyl/N-ethyl adjacent to an activating group) is 1. The number of nitrogens with one attached hydrogen (secondary N) is 1. The molecule has 0 aromatic heterocycles. The molecule has 5 heteroatoms. The van der Waals surface area contributed by atoms with E-state index in [0.717, 1.165) is 25.9 Å². The summed E-state index contributed by atoms with van der Waals surface area (Å²) in [4.78, 5) is 28.4. The van der Waals surface area contributed by atoms with Gasteiger partial charge in [0, 0.05) is 18.6 Å². The van der Waals surface area contributed by atoms with Gasteiger partial charge in [-0.3, -0.25) is 14.5 Å². The lowest BCUT2D eigenvalue weighted by molar-refractivity contribution is -0.141. The molecule has 2 fully saturated rings. The van der Waals surface area contributed by atoms with Gasteiger partial charge in [-0.25, -0.2) is 0 Å². The average molecular weight is 295 g/mol. The number of likely N-dealkylation sites (tertiary alicyclic amines) is 2. The second kappa shape index (κ2) is 7.36. The van der Waals surface area contributed by atoms with Crippen molar-refractivity contribution in [2.45, 2.75) is 70.5 Å². The summed E-state index contributed by atoms with van der Waals surface area (Å²) in [7, 11) is 2.14. The molecule has 0 bridgehead atoms. The van der Waals surface area contributed by atoms with Crippen LogP contribution in [0.2, 0.25) is 0 Å². The SMILES string of the molecule is CCC(CC)N1C(=O)CC(NCC2CCCCN2C)C1=O. The number of hydrogen-bond donors (Lipinski definition) is 1. The molecule has 2 aliphatic rings. The molecular weight excluding hydrogens is 266 g/mol. The molecule has 1 N–H and O–H groups in total. The fourth-order valence-corrected chi connectivity index (χ4v) is 3.53. The molecule has 0 aliphatic carbocycles. The molecule has 2 unspecified atom stereocenters. The lowest BCUT2D eigenvalue weighted by Crippen LogP contribution is -2.48. The smallest absolute Gasteiger partial charge is 0.247 e. The normalized spacial score (nSPS) is 27.9.